The minimum atomic E-state index is -0.399. The second kappa shape index (κ2) is 10.2. The van der Waals surface area contributed by atoms with E-state index in [9.17, 15) is 0 Å². The highest BCUT2D eigenvalue weighted by molar-refractivity contribution is 6.30. The van der Waals surface area contributed by atoms with Crippen LogP contribution in [-0.2, 0) is 0 Å². The molecule has 0 aliphatic rings. The van der Waals surface area contributed by atoms with Crippen LogP contribution in [0.5, 0.6) is 0 Å². The van der Waals surface area contributed by atoms with E-state index in [0.29, 0.717) is 5.56 Å². The van der Waals surface area contributed by atoms with Crippen LogP contribution in [0.15, 0.2) is 174 Å². The molecule has 0 aliphatic carbocycles. The molecule has 0 fully saturated rings. The predicted molar refractivity (Wildman–Crippen MR) is 200 cm³/mol. The molecule has 0 saturated carbocycles. The maximum Gasteiger partial charge on any atom is 0.143 e. The molecule has 0 atom stereocenters. The molecule has 47 heavy (non-hydrogen) atoms. The quantitative estimate of drug-likeness (QED) is 0.184. The molecule has 0 unspecified atom stereocenters. The molecule has 1 heterocycles. The summed E-state index contributed by atoms with van der Waals surface area (Å²) in [6.07, 6.45) is 0. The largest absolute Gasteiger partial charge is 0.455 e. The number of hydrogen-bond acceptors (Lipinski definition) is 1. The molecule has 0 N–H and O–H groups in total. The third kappa shape index (κ3) is 3.90. The van der Waals surface area contributed by atoms with Crippen LogP contribution in [0.25, 0.3) is 98.4 Å². The highest BCUT2D eigenvalue weighted by atomic mass is 16.3. The van der Waals surface area contributed by atoms with Gasteiger partial charge in [0.1, 0.15) is 11.2 Å². The minimum Gasteiger partial charge on any atom is -0.455 e. The molecular formula is C46H28O. The Hall–Kier alpha value is -6.18. The second-order valence-electron chi connectivity index (χ2n) is 12.0. The first-order chi connectivity index (χ1) is 25.4. The molecule has 0 saturated heterocycles. The molecule has 10 aromatic rings. The van der Waals surface area contributed by atoms with Crippen molar-refractivity contribution in [3.05, 3.63) is 170 Å². The number of rotatable bonds is 3. The van der Waals surface area contributed by atoms with E-state index < -0.39 is 6.04 Å². The molecule has 1 heteroatoms. The summed E-state index contributed by atoms with van der Waals surface area (Å²) in [7, 11) is 0. The number of fused-ring (bicyclic) bond motifs is 9. The van der Waals surface area contributed by atoms with Gasteiger partial charge in [0, 0.05) is 21.5 Å². The topological polar surface area (TPSA) is 13.1 Å². The zero-order chi connectivity index (χ0) is 35.2. The number of benzene rings is 9. The second-order valence-corrected chi connectivity index (χ2v) is 12.0. The van der Waals surface area contributed by atoms with E-state index in [4.69, 9.17) is 11.3 Å². The summed E-state index contributed by atoms with van der Waals surface area (Å²) in [4.78, 5) is 0. The molecule has 0 aliphatic heterocycles. The molecular weight excluding hydrogens is 569 g/mol. The summed E-state index contributed by atoms with van der Waals surface area (Å²) >= 11 is 0. The fourth-order valence-corrected chi connectivity index (χ4v) is 7.49. The molecule has 0 bridgehead atoms. The van der Waals surface area contributed by atoms with Gasteiger partial charge in [0.15, 0.2) is 0 Å². The zero-order valence-corrected chi connectivity index (χ0v) is 25.2. The zero-order valence-electron chi connectivity index (χ0n) is 30.2. The SMILES string of the molecule is [2H]c1c([2H])c([2H])c(-c2cccc(-c3c4ccccc4c(-c4cc5ccccc5c5oc6c7ccccc7ccc6c45)c4ccccc34)c2)c([2H])c1[2H]. The lowest BCUT2D eigenvalue weighted by atomic mass is 9.84. The first-order valence-electron chi connectivity index (χ1n) is 18.3. The van der Waals surface area contributed by atoms with E-state index in [1.807, 2.05) is 24.3 Å². The van der Waals surface area contributed by atoms with E-state index in [0.717, 1.165) is 87.3 Å². The van der Waals surface area contributed by atoms with Gasteiger partial charge >= 0.3 is 0 Å². The third-order valence-electron chi connectivity index (χ3n) is 9.50. The molecule has 0 radical (unpaired) electrons. The van der Waals surface area contributed by atoms with Crippen LogP contribution < -0.4 is 0 Å². The van der Waals surface area contributed by atoms with Crippen molar-refractivity contribution in [3.63, 3.8) is 0 Å². The van der Waals surface area contributed by atoms with Crippen LogP contribution in [0.4, 0.5) is 0 Å². The predicted octanol–water partition coefficient (Wildman–Crippen LogP) is 13.2. The van der Waals surface area contributed by atoms with Gasteiger partial charge in [0.05, 0.1) is 6.85 Å². The van der Waals surface area contributed by atoms with E-state index in [1.165, 1.54) is 0 Å². The summed E-state index contributed by atoms with van der Waals surface area (Å²) < 4.78 is 48.9. The van der Waals surface area contributed by atoms with Crippen LogP contribution in [0.2, 0.25) is 0 Å². The summed E-state index contributed by atoms with van der Waals surface area (Å²) in [6, 6.07) is 46.5. The number of hydrogen-bond donors (Lipinski definition) is 0. The Kier molecular flexibility index (Phi) is 4.66. The van der Waals surface area contributed by atoms with Crippen molar-refractivity contribution in [2.75, 3.05) is 0 Å². The maximum absolute atomic E-state index is 8.67. The Labute approximate surface area is 279 Å². The van der Waals surface area contributed by atoms with Crippen molar-refractivity contribution < 1.29 is 11.3 Å². The van der Waals surface area contributed by atoms with Crippen LogP contribution in [0.1, 0.15) is 6.85 Å². The minimum absolute atomic E-state index is 0.191. The van der Waals surface area contributed by atoms with Crippen LogP contribution in [0, 0.1) is 0 Å². The number of furan rings is 1. The summed E-state index contributed by atoms with van der Waals surface area (Å²) in [5, 5.41) is 10.8. The van der Waals surface area contributed by atoms with E-state index in [1.54, 1.807) is 0 Å². The molecule has 9 aromatic carbocycles. The average molecular weight is 602 g/mol. The Morgan fingerprint density at radius 2 is 0.957 bits per heavy atom. The molecule has 10 rings (SSSR count). The fraction of sp³-hybridized carbons (Fsp3) is 0. The Balaban J connectivity index is 1.32. The summed E-state index contributed by atoms with van der Waals surface area (Å²) in [5.74, 6) is 0. The highest BCUT2D eigenvalue weighted by Crippen LogP contribution is 2.49. The normalized spacial score (nSPS) is 13.3. The van der Waals surface area contributed by atoms with Crippen molar-refractivity contribution in [1.82, 2.24) is 0 Å². The van der Waals surface area contributed by atoms with Gasteiger partial charge in [-0.2, -0.15) is 0 Å². The van der Waals surface area contributed by atoms with Crippen molar-refractivity contribution in [2.45, 2.75) is 0 Å². The monoisotopic (exact) mass is 601 g/mol. The maximum atomic E-state index is 8.67. The molecule has 1 nitrogen and oxygen atoms in total. The Morgan fingerprint density at radius 1 is 0.383 bits per heavy atom. The summed E-state index contributed by atoms with van der Waals surface area (Å²) in [5.41, 5.74) is 6.62. The smallest absolute Gasteiger partial charge is 0.143 e. The lowest BCUT2D eigenvalue weighted by Gasteiger charge is -2.19. The van der Waals surface area contributed by atoms with Gasteiger partial charge in [0.25, 0.3) is 0 Å². The standard InChI is InChI=1S/C46H28O/c1-2-13-29(14-3-1)31-17-12-18-33(27-31)42-36-21-8-10-23-38(36)43(39-24-11-9-22-37(39)42)41-28-32-16-5-7-20-35(32)46-44(41)40-26-25-30-15-4-6-19-34(30)45(40)47-46/h1-28H/i1D,2D,3D,13D,14D. The lowest BCUT2D eigenvalue weighted by Crippen LogP contribution is -1.92. The van der Waals surface area contributed by atoms with Crippen LogP contribution in [-0.4, -0.2) is 0 Å². The van der Waals surface area contributed by atoms with Gasteiger partial charge in [-0.25, -0.2) is 0 Å². The Morgan fingerprint density at radius 3 is 1.66 bits per heavy atom. The average Bonchev–Trinajstić information content (AvgIpc) is 3.59. The Bertz CT molecular complexity index is 3050. The third-order valence-corrected chi connectivity index (χ3v) is 9.50. The van der Waals surface area contributed by atoms with Crippen molar-refractivity contribution in [1.29, 1.82) is 0 Å². The molecule has 0 spiro atoms. The molecule has 1 aromatic heterocycles. The van der Waals surface area contributed by atoms with Crippen LogP contribution >= 0.6 is 0 Å². The molecule has 0 amide bonds. The first kappa shape index (κ1) is 21.5. The molecule has 218 valence electrons. The van der Waals surface area contributed by atoms with Gasteiger partial charge in [-0.15, -0.1) is 0 Å². The highest BCUT2D eigenvalue weighted by Gasteiger charge is 2.22. The van der Waals surface area contributed by atoms with Crippen molar-refractivity contribution in [2.24, 2.45) is 0 Å². The van der Waals surface area contributed by atoms with E-state index in [2.05, 4.69) is 115 Å². The lowest BCUT2D eigenvalue weighted by molar-refractivity contribution is 0.676. The van der Waals surface area contributed by atoms with Gasteiger partial charge in [-0.1, -0.05) is 152 Å². The van der Waals surface area contributed by atoms with Gasteiger partial charge in [-0.3, -0.25) is 0 Å². The van der Waals surface area contributed by atoms with Crippen molar-refractivity contribution >= 4 is 65.0 Å². The van der Waals surface area contributed by atoms with Gasteiger partial charge < -0.3 is 4.42 Å². The van der Waals surface area contributed by atoms with Crippen LogP contribution in [0.3, 0.4) is 0 Å². The van der Waals surface area contributed by atoms with Gasteiger partial charge in [-0.05, 0) is 83.9 Å². The van der Waals surface area contributed by atoms with Crippen molar-refractivity contribution in [3.8, 4) is 33.4 Å². The first-order valence-corrected chi connectivity index (χ1v) is 15.8. The fourth-order valence-electron chi connectivity index (χ4n) is 7.49. The van der Waals surface area contributed by atoms with E-state index in [-0.39, 0.29) is 29.7 Å². The summed E-state index contributed by atoms with van der Waals surface area (Å²) in [6.45, 7) is 0. The van der Waals surface area contributed by atoms with E-state index >= 15 is 0 Å². The van der Waals surface area contributed by atoms with Gasteiger partial charge in [0.2, 0.25) is 0 Å².